The van der Waals surface area contributed by atoms with Crippen molar-refractivity contribution in [3.05, 3.63) is 189 Å². The van der Waals surface area contributed by atoms with Crippen molar-refractivity contribution >= 4 is 35.4 Å². The van der Waals surface area contributed by atoms with Gasteiger partial charge in [0.15, 0.2) is 23.0 Å². The van der Waals surface area contributed by atoms with E-state index >= 15 is 0 Å². The molecule has 0 aromatic heterocycles. The summed E-state index contributed by atoms with van der Waals surface area (Å²) in [4.78, 5) is 76.8. The van der Waals surface area contributed by atoms with Gasteiger partial charge in [-0.3, -0.25) is 28.8 Å². The van der Waals surface area contributed by atoms with Crippen LogP contribution in [0.2, 0.25) is 0 Å². The molecule has 4 aliphatic rings. The normalized spacial score (nSPS) is 15.1. The summed E-state index contributed by atoms with van der Waals surface area (Å²) >= 11 is 0. The van der Waals surface area contributed by atoms with Crippen molar-refractivity contribution in [2.75, 3.05) is 119 Å². The second-order valence-electron chi connectivity index (χ2n) is 24.2. The van der Waals surface area contributed by atoms with E-state index < -0.39 is 82.8 Å². The SMILES string of the molecule is O=C(NCCc1ccc(OCCOCCNC(=O)c2ccc(C3(C(F)(F)F)N=N3)cc2)c(OCCOCCNC(=O)c2ccc(C3(C(F)(F)F)N=N3)cc2)c1)C(=O)NCCc1ccc(OCCOCCNC(=O)c2ccc(C3(C(F)(F)F)N=N3)cc2)c(OCCOCCNC(=O)c2ccc(C3(C(F)(F)F)N=N3)cc2)c1. The summed E-state index contributed by atoms with van der Waals surface area (Å²) in [5, 5.41) is 40.8. The van der Waals surface area contributed by atoms with E-state index in [4.69, 9.17) is 37.9 Å². The summed E-state index contributed by atoms with van der Waals surface area (Å²) in [6.45, 7) is 0.140. The Hall–Kier alpha value is -11.3. The average molecular weight is 1560 g/mol. The maximum atomic E-state index is 13.4. The lowest BCUT2D eigenvalue weighted by Crippen LogP contribution is -2.41. The van der Waals surface area contributed by atoms with Crippen molar-refractivity contribution in [1.82, 2.24) is 31.9 Å². The molecule has 110 heavy (non-hydrogen) atoms. The minimum Gasteiger partial charge on any atom is -0.487 e. The van der Waals surface area contributed by atoms with Gasteiger partial charge in [0.25, 0.3) is 23.6 Å². The number of alkyl halides is 12. The highest BCUT2D eigenvalue weighted by Crippen LogP contribution is 2.55. The van der Waals surface area contributed by atoms with E-state index in [9.17, 15) is 81.5 Å². The molecular formula is C70H68F12N14O14. The van der Waals surface area contributed by atoms with Crippen molar-refractivity contribution in [1.29, 1.82) is 0 Å². The topological polar surface area (TPSA) is 347 Å². The molecule has 6 aromatic carbocycles. The highest BCUT2D eigenvalue weighted by Gasteiger charge is 2.67. The van der Waals surface area contributed by atoms with Crippen LogP contribution in [-0.2, 0) is 64.0 Å². The van der Waals surface area contributed by atoms with E-state index in [-0.39, 0.29) is 199 Å². The summed E-state index contributed by atoms with van der Waals surface area (Å²) < 4.78 is 207. The van der Waals surface area contributed by atoms with Gasteiger partial charge in [-0.15, -0.1) is 40.9 Å². The minimum atomic E-state index is -4.73. The summed E-state index contributed by atoms with van der Waals surface area (Å²) in [6, 6.07) is 28.6. The van der Waals surface area contributed by atoms with Gasteiger partial charge in [0.2, 0.25) is 0 Å². The van der Waals surface area contributed by atoms with Crippen LogP contribution in [0.4, 0.5) is 52.7 Å². The van der Waals surface area contributed by atoms with Crippen molar-refractivity contribution in [2.45, 2.75) is 60.2 Å². The lowest BCUT2D eigenvalue weighted by atomic mass is 10.0. The number of amides is 6. The molecule has 0 radical (unpaired) electrons. The van der Waals surface area contributed by atoms with Crippen molar-refractivity contribution < 1.29 is 119 Å². The first-order valence-corrected chi connectivity index (χ1v) is 33.7. The maximum Gasteiger partial charge on any atom is 0.442 e. The number of carbonyl (C=O) groups excluding carboxylic acids is 6. The number of nitrogens with zero attached hydrogens (tertiary/aromatic N) is 8. The highest BCUT2D eigenvalue weighted by atomic mass is 19.4. The molecule has 0 spiro atoms. The Labute approximate surface area is 616 Å². The van der Waals surface area contributed by atoms with E-state index in [1.807, 2.05) is 0 Å². The number of halogens is 12. The largest absolute Gasteiger partial charge is 0.487 e. The van der Waals surface area contributed by atoms with Gasteiger partial charge in [0.1, 0.15) is 26.4 Å². The van der Waals surface area contributed by atoms with Gasteiger partial charge in [-0.05, 0) is 96.8 Å². The first kappa shape index (κ1) is 81.3. The molecule has 6 amide bonds. The molecule has 28 nitrogen and oxygen atoms in total. The predicted molar refractivity (Wildman–Crippen MR) is 357 cm³/mol. The van der Waals surface area contributed by atoms with Crippen LogP contribution in [0.25, 0.3) is 0 Å². The van der Waals surface area contributed by atoms with Gasteiger partial charge in [0.05, 0.1) is 52.9 Å². The smallest absolute Gasteiger partial charge is 0.442 e. The molecule has 0 saturated carbocycles. The molecule has 0 atom stereocenters. The fraction of sp³-hybridized carbons (Fsp3) is 0.400. The van der Waals surface area contributed by atoms with Crippen LogP contribution in [0.1, 0.15) is 74.8 Å². The highest BCUT2D eigenvalue weighted by molar-refractivity contribution is 6.35. The number of benzene rings is 6. The van der Waals surface area contributed by atoms with Gasteiger partial charge in [-0.1, -0.05) is 60.7 Å². The molecule has 4 heterocycles. The van der Waals surface area contributed by atoms with E-state index in [2.05, 4.69) is 72.8 Å². The summed E-state index contributed by atoms with van der Waals surface area (Å²) in [5.74, 6) is -3.15. The molecular weight excluding hydrogens is 1490 g/mol. The van der Waals surface area contributed by atoms with Crippen LogP contribution in [-0.4, -0.2) is 179 Å². The maximum absolute atomic E-state index is 13.4. The first-order chi connectivity index (χ1) is 52.5. The number of nitrogens with one attached hydrogen (secondary N) is 6. The summed E-state index contributed by atoms with van der Waals surface area (Å²) in [7, 11) is 0. The molecule has 6 aromatic rings. The summed E-state index contributed by atoms with van der Waals surface area (Å²) in [6.07, 6.45) is -18.5. The second-order valence-corrected chi connectivity index (χ2v) is 24.2. The third-order valence-corrected chi connectivity index (χ3v) is 16.7. The summed E-state index contributed by atoms with van der Waals surface area (Å²) in [5.41, 5.74) is -9.80. The fourth-order valence-corrected chi connectivity index (χ4v) is 10.5. The van der Waals surface area contributed by atoms with Gasteiger partial charge < -0.3 is 69.8 Å². The molecule has 0 fully saturated rings. The molecule has 6 N–H and O–H groups in total. The number of hydrogen-bond acceptors (Lipinski definition) is 22. The zero-order chi connectivity index (χ0) is 78.8. The van der Waals surface area contributed by atoms with Gasteiger partial charge in [-0.25, -0.2) is 0 Å². The number of ether oxygens (including phenoxy) is 8. The van der Waals surface area contributed by atoms with Crippen molar-refractivity contribution in [3.63, 3.8) is 0 Å². The third kappa shape index (κ3) is 20.7. The standard InChI is InChI=1S/C70H68F12N14O14/c71-67(72,73)63(89-90-63)49-11-3-45(4-12-49)57(97)85-25-29-103-33-37-107-53-19-1-43(41-55(53)109-39-35-105-31-27-87-59(99)47-7-15-51(16-8-47)65(93-94-65)69(77,78)79)21-23-83-61(101)62(102)84-24-22-44-2-20-54(108-38-34-104-30-26-86-58(98)46-5-13-50(14-6-46)64(91-92-64)68(74,75)76)56(42-44)110-40-36-106-32-28-88-60(100)48-9-17-52(18-10-48)66(95-96-66)70(80,81)82/h1-20,41-42H,21-40H2,(H,83,101)(H,84,102)(H,85,97)(H,86,98)(H,87,99)(H,88,100). The van der Waals surface area contributed by atoms with E-state index in [1.54, 1.807) is 36.4 Å². The Balaban J connectivity index is 0.664. The molecule has 0 aliphatic carbocycles. The van der Waals surface area contributed by atoms with Crippen molar-refractivity contribution in [2.24, 2.45) is 40.9 Å². The monoisotopic (exact) mass is 1560 g/mol. The molecule has 4 aliphatic heterocycles. The quantitative estimate of drug-likeness (QED) is 0.0118. The van der Waals surface area contributed by atoms with Crippen LogP contribution in [0.5, 0.6) is 23.0 Å². The van der Waals surface area contributed by atoms with Crippen LogP contribution >= 0.6 is 0 Å². The van der Waals surface area contributed by atoms with Crippen LogP contribution in [0, 0.1) is 0 Å². The fourth-order valence-electron chi connectivity index (χ4n) is 10.5. The van der Waals surface area contributed by atoms with Crippen LogP contribution in [0.15, 0.2) is 174 Å². The lowest BCUT2D eigenvalue weighted by Gasteiger charge is -2.16. The van der Waals surface area contributed by atoms with Gasteiger partial charge >= 0.3 is 59.2 Å². The Morgan fingerprint density at radius 2 is 0.500 bits per heavy atom. The number of hydrogen-bond donors (Lipinski definition) is 6. The predicted octanol–water partition coefficient (Wildman–Crippen LogP) is 9.73. The third-order valence-electron chi connectivity index (χ3n) is 16.7. The molecule has 10 rings (SSSR count). The molecule has 40 heteroatoms. The van der Waals surface area contributed by atoms with Gasteiger partial charge in [0, 0.05) is 83.8 Å². The number of carbonyl (C=O) groups is 6. The van der Waals surface area contributed by atoms with Gasteiger partial charge in [-0.2, -0.15) is 52.7 Å². The molecule has 0 unspecified atom stereocenters. The molecule has 0 saturated heterocycles. The van der Waals surface area contributed by atoms with E-state index in [1.165, 1.54) is 48.5 Å². The minimum absolute atomic E-state index is 0.00674. The van der Waals surface area contributed by atoms with Crippen molar-refractivity contribution in [3.8, 4) is 23.0 Å². The Morgan fingerprint density at radius 3 is 0.718 bits per heavy atom. The Kier molecular flexibility index (Phi) is 26.2. The molecule has 586 valence electrons. The Bertz CT molecular complexity index is 4060. The van der Waals surface area contributed by atoms with E-state index in [0.29, 0.717) is 11.1 Å². The zero-order valence-corrected chi connectivity index (χ0v) is 57.7. The van der Waals surface area contributed by atoms with E-state index in [0.717, 1.165) is 48.5 Å². The second kappa shape index (κ2) is 35.4. The lowest BCUT2D eigenvalue weighted by molar-refractivity contribution is -0.166. The number of rotatable bonds is 42. The van der Waals surface area contributed by atoms with Crippen LogP contribution < -0.4 is 50.8 Å². The zero-order valence-electron chi connectivity index (χ0n) is 57.7. The first-order valence-electron chi connectivity index (χ1n) is 33.7. The Morgan fingerprint density at radius 1 is 0.273 bits per heavy atom. The van der Waals surface area contributed by atoms with Crippen LogP contribution in [0.3, 0.4) is 0 Å². The average Bonchev–Trinajstić information content (AvgIpc) is 1.60. The molecule has 0 bridgehead atoms.